The number of piperidine rings is 1. The van der Waals surface area contributed by atoms with Gasteiger partial charge in [0.25, 0.3) is 5.91 Å². The standard InChI is InChI=1S/C18H20FN3O3/c19-15-6-2-1-5-13(15)16-14(10-20-21-16)17(23)22-7-3-4-12(11-22)18-24-8-9-25-18/h1-2,5-6,10,12,18H,3-4,7-9,11H2,(H,20,21)/t12-/m1/s1. The number of aromatic nitrogens is 2. The number of amides is 1. The first-order valence-corrected chi connectivity index (χ1v) is 8.55. The first-order valence-electron chi connectivity index (χ1n) is 8.55. The topological polar surface area (TPSA) is 67.5 Å². The zero-order valence-electron chi connectivity index (χ0n) is 13.8. The Bertz CT molecular complexity index is 758. The first kappa shape index (κ1) is 16.2. The van der Waals surface area contributed by atoms with E-state index in [0.717, 1.165) is 12.8 Å². The molecule has 132 valence electrons. The second-order valence-electron chi connectivity index (χ2n) is 6.40. The molecule has 2 aliphatic rings. The fraction of sp³-hybridized carbons (Fsp3) is 0.444. The Morgan fingerprint density at radius 3 is 2.88 bits per heavy atom. The maximum Gasteiger partial charge on any atom is 0.257 e. The Balaban J connectivity index is 1.55. The second-order valence-corrected chi connectivity index (χ2v) is 6.40. The third kappa shape index (κ3) is 3.17. The van der Waals surface area contributed by atoms with Gasteiger partial charge in [-0.3, -0.25) is 9.89 Å². The van der Waals surface area contributed by atoms with Crippen molar-refractivity contribution in [1.82, 2.24) is 15.1 Å². The van der Waals surface area contributed by atoms with Crippen molar-refractivity contribution in [3.8, 4) is 11.3 Å². The maximum atomic E-state index is 14.1. The molecule has 2 saturated heterocycles. The highest BCUT2D eigenvalue weighted by atomic mass is 19.1. The highest BCUT2D eigenvalue weighted by Gasteiger charge is 2.34. The molecular formula is C18H20FN3O3. The van der Waals surface area contributed by atoms with Gasteiger partial charge in [0.15, 0.2) is 6.29 Å². The van der Waals surface area contributed by atoms with Crippen LogP contribution in [0.3, 0.4) is 0 Å². The Hall–Kier alpha value is -2.25. The summed E-state index contributed by atoms with van der Waals surface area (Å²) in [6, 6.07) is 6.36. The summed E-state index contributed by atoms with van der Waals surface area (Å²) in [5.74, 6) is -0.358. The molecule has 0 saturated carbocycles. The molecule has 1 N–H and O–H groups in total. The number of hydrogen-bond donors (Lipinski definition) is 1. The molecule has 3 heterocycles. The largest absolute Gasteiger partial charge is 0.350 e. The average molecular weight is 345 g/mol. The zero-order valence-corrected chi connectivity index (χ0v) is 13.8. The van der Waals surface area contributed by atoms with Crippen LogP contribution < -0.4 is 0 Å². The van der Waals surface area contributed by atoms with E-state index in [4.69, 9.17) is 9.47 Å². The minimum atomic E-state index is -0.384. The second kappa shape index (κ2) is 6.93. The maximum absolute atomic E-state index is 14.1. The lowest BCUT2D eigenvalue weighted by Crippen LogP contribution is -2.43. The molecule has 0 radical (unpaired) electrons. The summed E-state index contributed by atoms with van der Waals surface area (Å²) in [4.78, 5) is 14.8. The number of likely N-dealkylation sites (tertiary alicyclic amines) is 1. The van der Waals surface area contributed by atoms with Crippen LogP contribution in [0.15, 0.2) is 30.5 Å². The van der Waals surface area contributed by atoms with Crippen LogP contribution in [0.25, 0.3) is 11.3 Å². The number of H-pyrrole nitrogens is 1. The smallest absolute Gasteiger partial charge is 0.257 e. The highest BCUT2D eigenvalue weighted by molar-refractivity contribution is 5.99. The highest BCUT2D eigenvalue weighted by Crippen LogP contribution is 2.29. The molecule has 0 bridgehead atoms. The summed E-state index contributed by atoms with van der Waals surface area (Å²) in [6.45, 7) is 2.46. The van der Waals surface area contributed by atoms with Crippen molar-refractivity contribution in [2.75, 3.05) is 26.3 Å². The minimum absolute atomic E-state index is 0.144. The van der Waals surface area contributed by atoms with Crippen molar-refractivity contribution in [2.45, 2.75) is 19.1 Å². The Kier molecular flexibility index (Phi) is 4.50. The van der Waals surface area contributed by atoms with Crippen LogP contribution in [0.1, 0.15) is 23.2 Å². The van der Waals surface area contributed by atoms with Crippen molar-refractivity contribution in [3.05, 3.63) is 41.8 Å². The molecule has 2 aliphatic heterocycles. The number of nitrogens with zero attached hydrogens (tertiary/aromatic N) is 2. The van der Waals surface area contributed by atoms with E-state index < -0.39 is 0 Å². The molecule has 0 aliphatic carbocycles. The number of aromatic amines is 1. The molecule has 6 nitrogen and oxygen atoms in total. The molecule has 7 heteroatoms. The number of halogens is 1. The molecule has 1 aromatic carbocycles. The molecule has 2 fully saturated rings. The van der Waals surface area contributed by atoms with Crippen LogP contribution in [0, 0.1) is 11.7 Å². The summed E-state index contributed by atoms with van der Waals surface area (Å²) in [6.07, 6.45) is 3.11. The van der Waals surface area contributed by atoms with Gasteiger partial charge < -0.3 is 14.4 Å². The van der Waals surface area contributed by atoms with Crippen molar-refractivity contribution >= 4 is 5.91 Å². The lowest BCUT2D eigenvalue weighted by Gasteiger charge is -2.34. The van der Waals surface area contributed by atoms with Gasteiger partial charge in [0.1, 0.15) is 5.82 Å². The quantitative estimate of drug-likeness (QED) is 0.928. The van der Waals surface area contributed by atoms with Gasteiger partial charge in [-0.2, -0.15) is 5.10 Å². The molecule has 0 unspecified atom stereocenters. The van der Waals surface area contributed by atoms with Crippen LogP contribution >= 0.6 is 0 Å². The number of carbonyl (C=O) groups is 1. The van der Waals surface area contributed by atoms with Crippen LogP contribution in [0.5, 0.6) is 0 Å². The third-order valence-corrected chi connectivity index (χ3v) is 4.79. The van der Waals surface area contributed by atoms with Crippen LogP contribution in [0.4, 0.5) is 4.39 Å². The average Bonchev–Trinajstić information content (AvgIpc) is 3.33. The van der Waals surface area contributed by atoms with Gasteiger partial charge >= 0.3 is 0 Å². The molecular weight excluding hydrogens is 325 g/mol. The molecule has 0 spiro atoms. The summed E-state index contributed by atoms with van der Waals surface area (Å²) in [5, 5.41) is 6.73. The molecule has 1 aromatic heterocycles. The van der Waals surface area contributed by atoms with E-state index in [0.29, 0.717) is 43.1 Å². The number of benzene rings is 1. The number of rotatable bonds is 3. The Morgan fingerprint density at radius 1 is 1.28 bits per heavy atom. The third-order valence-electron chi connectivity index (χ3n) is 4.79. The number of carbonyl (C=O) groups excluding carboxylic acids is 1. The van der Waals surface area contributed by atoms with Crippen molar-refractivity contribution < 1.29 is 18.7 Å². The van der Waals surface area contributed by atoms with Gasteiger partial charge in [0, 0.05) is 24.6 Å². The number of hydrogen-bond acceptors (Lipinski definition) is 4. The number of ether oxygens (including phenoxy) is 2. The summed E-state index contributed by atoms with van der Waals surface area (Å²) in [7, 11) is 0. The Labute approximate surface area is 144 Å². The lowest BCUT2D eigenvalue weighted by molar-refractivity contribution is -0.0969. The van der Waals surface area contributed by atoms with Crippen molar-refractivity contribution in [2.24, 2.45) is 5.92 Å². The van der Waals surface area contributed by atoms with E-state index in [1.54, 1.807) is 23.1 Å². The van der Waals surface area contributed by atoms with Crippen LogP contribution in [-0.2, 0) is 9.47 Å². The van der Waals surface area contributed by atoms with E-state index in [1.807, 2.05) is 0 Å². The van der Waals surface area contributed by atoms with Gasteiger partial charge in [0.05, 0.1) is 30.7 Å². The van der Waals surface area contributed by atoms with Crippen molar-refractivity contribution in [1.29, 1.82) is 0 Å². The van der Waals surface area contributed by atoms with E-state index >= 15 is 0 Å². The SMILES string of the molecule is O=C(c1cn[nH]c1-c1ccccc1F)N1CCC[C@@H](C2OCCO2)C1. The van der Waals surface area contributed by atoms with Gasteiger partial charge in [-0.05, 0) is 25.0 Å². The summed E-state index contributed by atoms with van der Waals surface area (Å²) >= 11 is 0. The predicted molar refractivity (Wildman–Crippen MR) is 88.3 cm³/mol. The number of nitrogens with one attached hydrogen (secondary N) is 1. The van der Waals surface area contributed by atoms with E-state index in [2.05, 4.69) is 10.2 Å². The Morgan fingerprint density at radius 2 is 2.08 bits per heavy atom. The zero-order chi connectivity index (χ0) is 17.2. The molecule has 1 amide bonds. The molecule has 4 rings (SSSR count). The fourth-order valence-corrected chi connectivity index (χ4v) is 3.55. The lowest BCUT2D eigenvalue weighted by atomic mass is 9.96. The summed E-state index contributed by atoms with van der Waals surface area (Å²) < 4.78 is 25.3. The van der Waals surface area contributed by atoms with Crippen LogP contribution in [-0.4, -0.2) is 53.6 Å². The monoisotopic (exact) mass is 345 g/mol. The van der Waals surface area contributed by atoms with E-state index in [1.165, 1.54) is 12.3 Å². The molecule has 2 aromatic rings. The first-order chi connectivity index (χ1) is 12.2. The van der Waals surface area contributed by atoms with Gasteiger partial charge in [-0.15, -0.1) is 0 Å². The predicted octanol–water partition coefficient (Wildman–Crippen LogP) is 2.44. The van der Waals surface area contributed by atoms with Gasteiger partial charge in [-0.25, -0.2) is 4.39 Å². The van der Waals surface area contributed by atoms with Crippen LogP contribution in [0.2, 0.25) is 0 Å². The van der Waals surface area contributed by atoms with Gasteiger partial charge in [0.2, 0.25) is 0 Å². The van der Waals surface area contributed by atoms with E-state index in [-0.39, 0.29) is 23.9 Å². The molecule has 25 heavy (non-hydrogen) atoms. The van der Waals surface area contributed by atoms with Gasteiger partial charge in [-0.1, -0.05) is 12.1 Å². The fourth-order valence-electron chi connectivity index (χ4n) is 3.55. The summed E-state index contributed by atoms with van der Waals surface area (Å²) in [5.41, 5.74) is 1.15. The molecule has 1 atom stereocenters. The van der Waals surface area contributed by atoms with Crippen molar-refractivity contribution in [3.63, 3.8) is 0 Å². The normalized spacial score (nSPS) is 21.6. The minimum Gasteiger partial charge on any atom is -0.350 e. The van der Waals surface area contributed by atoms with E-state index in [9.17, 15) is 9.18 Å².